The van der Waals surface area contributed by atoms with Gasteiger partial charge in [-0.25, -0.2) is 0 Å². The molecular formula is C12H11BrN2S. The zero-order valence-electron chi connectivity index (χ0n) is 8.56. The van der Waals surface area contributed by atoms with Crippen LogP contribution in [-0.4, -0.2) is 4.98 Å². The molecule has 0 bridgehead atoms. The molecular weight excluding hydrogens is 284 g/mol. The van der Waals surface area contributed by atoms with Crippen LogP contribution in [0.25, 0.3) is 0 Å². The largest absolute Gasteiger partial charge is 0.398 e. The highest BCUT2D eigenvalue weighted by Crippen LogP contribution is 2.29. The number of hydrogen-bond donors (Lipinski definition) is 1. The summed E-state index contributed by atoms with van der Waals surface area (Å²) < 4.78 is 0.997. The maximum Gasteiger partial charge on any atom is 0.0461 e. The number of benzene rings is 1. The van der Waals surface area contributed by atoms with Crippen LogP contribution in [-0.2, 0) is 5.75 Å². The van der Waals surface area contributed by atoms with E-state index in [0.717, 1.165) is 15.9 Å². The SMILES string of the molecule is Nc1cccc(CSc2ccncc2)c1Br. The van der Waals surface area contributed by atoms with Gasteiger partial charge in [-0.2, -0.15) is 0 Å². The van der Waals surface area contributed by atoms with Crippen molar-refractivity contribution in [1.82, 2.24) is 4.98 Å². The number of nitrogens with zero attached hydrogens (tertiary/aromatic N) is 1. The van der Waals surface area contributed by atoms with Crippen molar-refractivity contribution in [3.05, 3.63) is 52.8 Å². The Balaban J connectivity index is 2.08. The van der Waals surface area contributed by atoms with Crippen molar-refractivity contribution in [2.24, 2.45) is 0 Å². The van der Waals surface area contributed by atoms with Gasteiger partial charge in [0, 0.05) is 33.2 Å². The number of rotatable bonds is 3. The van der Waals surface area contributed by atoms with Gasteiger partial charge in [0.2, 0.25) is 0 Å². The molecule has 0 unspecified atom stereocenters. The highest BCUT2D eigenvalue weighted by atomic mass is 79.9. The maximum absolute atomic E-state index is 5.82. The molecule has 2 nitrogen and oxygen atoms in total. The number of halogens is 1. The number of nitrogens with two attached hydrogens (primary N) is 1. The summed E-state index contributed by atoms with van der Waals surface area (Å²) in [6, 6.07) is 9.96. The molecule has 0 saturated carbocycles. The predicted octanol–water partition coefficient (Wildman–Crippen LogP) is 3.72. The van der Waals surface area contributed by atoms with E-state index in [1.54, 1.807) is 24.2 Å². The summed E-state index contributed by atoms with van der Waals surface area (Å²) in [5, 5.41) is 0. The first-order chi connectivity index (χ1) is 7.77. The molecule has 2 N–H and O–H groups in total. The third-order valence-corrected chi connectivity index (χ3v) is 4.18. The van der Waals surface area contributed by atoms with Gasteiger partial charge < -0.3 is 5.73 Å². The number of anilines is 1. The van der Waals surface area contributed by atoms with Gasteiger partial charge >= 0.3 is 0 Å². The van der Waals surface area contributed by atoms with E-state index in [-0.39, 0.29) is 0 Å². The minimum absolute atomic E-state index is 0.785. The summed E-state index contributed by atoms with van der Waals surface area (Å²) in [5.74, 6) is 0.898. The Morgan fingerprint density at radius 2 is 1.94 bits per heavy atom. The Morgan fingerprint density at radius 3 is 2.69 bits per heavy atom. The zero-order chi connectivity index (χ0) is 11.4. The van der Waals surface area contributed by atoms with Gasteiger partial charge in [0.1, 0.15) is 0 Å². The summed E-state index contributed by atoms with van der Waals surface area (Å²) in [5.41, 5.74) is 7.82. The molecule has 4 heteroatoms. The molecule has 0 spiro atoms. The predicted molar refractivity (Wildman–Crippen MR) is 72.4 cm³/mol. The molecule has 0 radical (unpaired) electrons. The van der Waals surface area contributed by atoms with Crippen LogP contribution in [0.5, 0.6) is 0 Å². The van der Waals surface area contributed by atoms with E-state index in [9.17, 15) is 0 Å². The number of nitrogen functional groups attached to an aromatic ring is 1. The van der Waals surface area contributed by atoms with Gasteiger partial charge in [-0.1, -0.05) is 12.1 Å². The fourth-order valence-corrected chi connectivity index (χ4v) is 2.77. The van der Waals surface area contributed by atoms with Gasteiger partial charge in [0.25, 0.3) is 0 Å². The van der Waals surface area contributed by atoms with E-state index in [4.69, 9.17) is 5.73 Å². The van der Waals surface area contributed by atoms with Crippen LogP contribution >= 0.6 is 27.7 Å². The minimum Gasteiger partial charge on any atom is -0.398 e. The average Bonchev–Trinajstić information content (AvgIpc) is 2.32. The third-order valence-electron chi connectivity index (χ3n) is 2.15. The molecule has 1 aromatic heterocycles. The number of thioether (sulfide) groups is 1. The smallest absolute Gasteiger partial charge is 0.0461 e. The normalized spacial score (nSPS) is 10.3. The molecule has 1 aromatic carbocycles. The average molecular weight is 295 g/mol. The second kappa shape index (κ2) is 5.37. The summed E-state index contributed by atoms with van der Waals surface area (Å²) in [7, 11) is 0. The minimum atomic E-state index is 0.785. The van der Waals surface area contributed by atoms with Crippen LogP contribution in [0.15, 0.2) is 52.1 Å². The van der Waals surface area contributed by atoms with Crippen molar-refractivity contribution in [2.75, 3.05) is 5.73 Å². The topological polar surface area (TPSA) is 38.9 Å². The first-order valence-electron chi connectivity index (χ1n) is 4.83. The third kappa shape index (κ3) is 2.77. The fourth-order valence-electron chi connectivity index (χ4n) is 1.31. The lowest BCUT2D eigenvalue weighted by atomic mass is 10.2. The van der Waals surface area contributed by atoms with Crippen LogP contribution in [0.1, 0.15) is 5.56 Å². The Kier molecular flexibility index (Phi) is 3.85. The Morgan fingerprint density at radius 1 is 1.19 bits per heavy atom. The number of aromatic nitrogens is 1. The van der Waals surface area contributed by atoms with Crippen molar-refractivity contribution in [3.8, 4) is 0 Å². The van der Waals surface area contributed by atoms with Gasteiger partial charge in [-0.05, 0) is 39.7 Å². The standard InChI is InChI=1S/C12H11BrN2S/c13-12-9(2-1-3-11(12)14)8-16-10-4-6-15-7-5-10/h1-7H,8,14H2. The van der Waals surface area contributed by atoms with E-state index >= 15 is 0 Å². The molecule has 0 amide bonds. The Bertz CT molecular complexity index is 474. The summed E-state index contributed by atoms with van der Waals surface area (Å²) in [4.78, 5) is 5.20. The lowest BCUT2D eigenvalue weighted by molar-refractivity contribution is 1.26. The molecule has 1 heterocycles. The van der Waals surface area contributed by atoms with E-state index < -0.39 is 0 Å². The molecule has 2 rings (SSSR count). The Labute approximate surface area is 107 Å². The monoisotopic (exact) mass is 294 g/mol. The first kappa shape index (κ1) is 11.5. The Hall–Kier alpha value is -1.00. The summed E-state index contributed by atoms with van der Waals surface area (Å²) in [6.45, 7) is 0. The van der Waals surface area contributed by atoms with Crippen LogP contribution in [0, 0.1) is 0 Å². The molecule has 2 aromatic rings. The lowest BCUT2D eigenvalue weighted by Gasteiger charge is -2.06. The molecule has 16 heavy (non-hydrogen) atoms. The lowest BCUT2D eigenvalue weighted by Crippen LogP contribution is -1.90. The van der Waals surface area contributed by atoms with E-state index in [1.807, 2.05) is 24.3 Å². The first-order valence-corrected chi connectivity index (χ1v) is 6.61. The van der Waals surface area contributed by atoms with E-state index in [1.165, 1.54) is 10.5 Å². The van der Waals surface area contributed by atoms with Crippen LogP contribution in [0.2, 0.25) is 0 Å². The van der Waals surface area contributed by atoms with Crippen LogP contribution in [0.4, 0.5) is 5.69 Å². The molecule has 0 aliphatic carbocycles. The second-order valence-corrected chi connectivity index (χ2v) is 5.13. The van der Waals surface area contributed by atoms with E-state index in [2.05, 4.69) is 27.0 Å². The van der Waals surface area contributed by atoms with E-state index in [0.29, 0.717) is 0 Å². The zero-order valence-corrected chi connectivity index (χ0v) is 11.0. The molecule has 0 aliphatic heterocycles. The molecule has 0 aliphatic rings. The molecule has 82 valence electrons. The van der Waals surface area contributed by atoms with Gasteiger partial charge in [-0.15, -0.1) is 11.8 Å². The summed E-state index contributed by atoms with van der Waals surface area (Å²) in [6.07, 6.45) is 3.60. The van der Waals surface area contributed by atoms with Gasteiger partial charge in [-0.3, -0.25) is 4.98 Å². The fraction of sp³-hybridized carbons (Fsp3) is 0.0833. The number of hydrogen-bond acceptors (Lipinski definition) is 3. The highest BCUT2D eigenvalue weighted by Gasteiger charge is 2.03. The van der Waals surface area contributed by atoms with Crippen molar-refractivity contribution in [3.63, 3.8) is 0 Å². The van der Waals surface area contributed by atoms with Crippen LogP contribution < -0.4 is 5.73 Å². The van der Waals surface area contributed by atoms with Crippen molar-refractivity contribution in [1.29, 1.82) is 0 Å². The quantitative estimate of drug-likeness (QED) is 0.693. The van der Waals surface area contributed by atoms with Crippen LogP contribution in [0.3, 0.4) is 0 Å². The molecule has 0 fully saturated rings. The number of pyridine rings is 1. The van der Waals surface area contributed by atoms with Crippen molar-refractivity contribution in [2.45, 2.75) is 10.6 Å². The van der Waals surface area contributed by atoms with Crippen molar-refractivity contribution >= 4 is 33.4 Å². The second-order valence-electron chi connectivity index (χ2n) is 3.29. The molecule has 0 atom stereocenters. The van der Waals surface area contributed by atoms with Gasteiger partial charge in [0.05, 0.1) is 0 Å². The van der Waals surface area contributed by atoms with Crippen molar-refractivity contribution < 1.29 is 0 Å². The maximum atomic E-state index is 5.82. The summed E-state index contributed by atoms with van der Waals surface area (Å²) >= 11 is 5.27. The van der Waals surface area contributed by atoms with Gasteiger partial charge in [0.15, 0.2) is 0 Å². The molecule has 0 saturated heterocycles. The highest BCUT2D eigenvalue weighted by molar-refractivity contribution is 9.10.